The van der Waals surface area contributed by atoms with Crippen LogP contribution in [-0.4, -0.2) is 9.78 Å². The lowest BCUT2D eigenvalue weighted by Gasteiger charge is -2.12. The number of allylic oxidation sites excluding steroid dienone is 1. The lowest BCUT2D eigenvalue weighted by molar-refractivity contribution is 0.586. The minimum atomic E-state index is 0.0394. The van der Waals surface area contributed by atoms with E-state index >= 15 is 0 Å². The van der Waals surface area contributed by atoms with E-state index < -0.39 is 0 Å². The minimum absolute atomic E-state index is 0.0394. The van der Waals surface area contributed by atoms with Crippen molar-refractivity contribution in [3.63, 3.8) is 0 Å². The molecule has 72 valence electrons. The van der Waals surface area contributed by atoms with Gasteiger partial charge < -0.3 is 0 Å². The number of nitrogens with zero attached hydrogens (tertiary/aromatic N) is 2. The maximum absolute atomic E-state index is 5.45. The molecule has 4 heteroatoms. The van der Waals surface area contributed by atoms with E-state index in [2.05, 4.69) is 16.6 Å². The Labute approximate surface area is 78.4 Å². The van der Waals surface area contributed by atoms with Crippen LogP contribution in [0.5, 0.6) is 0 Å². The van der Waals surface area contributed by atoms with Crippen molar-refractivity contribution in [1.82, 2.24) is 15.2 Å². The third-order valence-corrected chi connectivity index (χ3v) is 1.86. The highest BCUT2D eigenvalue weighted by Gasteiger charge is 2.09. The number of hydrazine groups is 1. The molecule has 0 aromatic carbocycles. The van der Waals surface area contributed by atoms with Gasteiger partial charge in [0.25, 0.3) is 0 Å². The van der Waals surface area contributed by atoms with Crippen LogP contribution in [0.1, 0.15) is 25.6 Å². The zero-order chi connectivity index (χ0) is 9.84. The molecule has 0 aliphatic carbocycles. The lowest BCUT2D eigenvalue weighted by atomic mass is 10.1. The van der Waals surface area contributed by atoms with E-state index in [4.69, 9.17) is 5.84 Å². The van der Waals surface area contributed by atoms with Gasteiger partial charge in [-0.3, -0.25) is 10.5 Å². The van der Waals surface area contributed by atoms with Gasteiger partial charge in [0.2, 0.25) is 0 Å². The maximum atomic E-state index is 5.45. The molecule has 13 heavy (non-hydrogen) atoms. The first kappa shape index (κ1) is 9.95. The van der Waals surface area contributed by atoms with E-state index in [-0.39, 0.29) is 6.04 Å². The summed E-state index contributed by atoms with van der Waals surface area (Å²) in [6.45, 7) is 4.08. The van der Waals surface area contributed by atoms with E-state index in [0.717, 1.165) is 5.69 Å². The highest BCUT2D eigenvalue weighted by atomic mass is 15.3. The predicted molar refractivity (Wildman–Crippen MR) is 52.7 cm³/mol. The summed E-state index contributed by atoms with van der Waals surface area (Å²) in [6, 6.07) is 1.99. The van der Waals surface area contributed by atoms with Crippen LogP contribution in [0, 0.1) is 0 Å². The van der Waals surface area contributed by atoms with Crippen LogP contribution in [0.2, 0.25) is 0 Å². The van der Waals surface area contributed by atoms with Crippen molar-refractivity contribution >= 4 is 0 Å². The molecule has 1 unspecified atom stereocenters. The Morgan fingerprint density at radius 3 is 2.77 bits per heavy atom. The molecule has 1 heterocycles. The van der Waals surface area contributed by atoms with Crippen molar-refractivity contribution in [3.05, 3.63) is 29.6 Å². The second-order valence-corrected chi connectivity index (χ2v) is 3.27. The van der Waals surface area contributed by atoms with Crippen molar-refractivity contribution in [3.8, 4) is 0 Å². The standard InChI is InChI=1S/C9H16N4/c1-7(2)6-8(12-10)9-4-5-11-13(9)3/h4-6,8,12H,10H2,1-3H3. The molecule has 0 bridgehead atoms. The average molecular weight is 180 g/mol. The maximum Gasteiger partial charge on any atom is 0.0811 e. The quantitative estimate of drug-likeness (QED) is 0.412. The van der Waals surface area contributed by atoms with Crippen molar-refractivity contribution in [2.75, 3.05) is 0 Å². The van der Waals surface area contributed by atoms with Gasteiger partial charge in [-0.1, -0.05) is 11.6 Å². The van der Waals surface area contributed by atoms with E-state index in [1.165, 1.54) is 5.57 Å². The molecular weight excluding hydrogens is 164 g/mol. The fourth-order valence-corrected chi connectivity index (χ4v) is 1.24. The Morgan fingerprint density at radius 2 is 2.38 bits per heavy atom. The second kappa shape index (κ2) is 4.20. The summed E-state index contributed by atoms with van der Waals surface area (Å²) in [6.07, 6.45) is 3.83. The summed E-state index contributed by atoms with van der Waals surface area (Å²) in [7, 11) is 1.90. The van der Waals surface area contributed by atoms with E-state index in [1.54, 1.807) is 6.20 Å². The van der Waals surface area contributed by atoms with Crippen LogP contribution in [0.4, 0.5) is 0 Å². The highest BCUT2D eigenvalue weighted by Crippen LogP contribution is 2.13. The number of hydrogen-bond donors (Lipinski definition) is 2. The van der Waals surface area contributed by atoms with Crippen LogP contribution in [0.3, 0.4) is 0 Å². The third-order valence-electron chi connectivity index (χ3n) is 1.86. The van der Waals surface area contributed by atoms with Gasteiger partial charge in [0.05, 0.1) is 11.7 Å². The molecule has 3 N–H and O–H groups in total. The summed E-state index contributed by atoms with van der Waals surface area (Å²) in [5.41, 5.74) is 5.02. The molecule has 0 fully saturated rings. The Kier molecular flexibility index (Phi) is 3.22. The van der Waals surface area contributed by atoms with Gasteiger partial charge in [-0.15, -0.1) is 0 Å². The van der Waals surface area contributed by atoms with Gasteiger partial charge >= 0.3 is 0 Å². The first-order valence-electron chi connectivity index (χ1n) is 4.24. The zero-order valence-electron chi connectivity index (χ0n) is 8.28. The topological polar surface area (TPSA) is 55.9 Å². The molecule has 0 spiro atoms. The van der Waals surface area contributed by atoms with Gasteiger partial charge in [-0.05, 0) is 19.9 Å². The van der Waals surface area contributed by atoms with Crippen LogP contribution in [0.15, 0.2) is 23.9 Å². The average Bonchev–Trinajstić information content (AvgIpc) is 2.47. The van der Waals surface area contributed by atoms with Crippen molar-refractivity contribution in [1.29, 1.82) is 0 Å². The Morgan fingerprint density at radius 1 is 1.69 bits per heavy atom. The Balaban J connectivity index is 2.91. The predicted octanol–water partition coefficient (Wildman–Crippen LogP) is 0.891. The summed E-state index contributed by atoms with van der Waals surface area (Å²) in [5.74, 6) is 5.45. The molecule has 0 aliphatic rings. The molecule has 0 amide bonds. The fraction of sp³-hybridized carbons (Fsp3) is 0.444. The van der Waals surface area contributed by atoms with Gasteiger partial charge in [0.1, 0.15) is 0 Å². The molecule has 0 saturated heterocycles. The smallest absolute Gasteiger partial charge is 0.0811 e. The SMILES string of the molecule is CC(C)=CC(NN)c1ccnn1C. The Bertz CT molecular complexity index is 296. The highest BCUT2D eigenvalue weighted by molar-refractivity contribution is 5.15. The zero-order valence-corrected chi connectivity index (χ0v) is 8.28. The molecule has 1 aromatic heterocycles. The molecule has 0 saturated carbocycles. The van der Waals surface area contributed by atoms with Crippen molar-refractivity contribution < 1.29 is 0 Å². The molecule has 1 rings (SSSR count). The normalized spacial score (nSPS) is 12.6. The molecule has 1 atom stereocenters. The van der Waals surface area contributed by atoms with E-state index in [0.29, 0.717) is 0 Å². The summed E-state index contributed by atoms with van der Waals surface area (Å²) in [4.78, 5) is 0. The molecular formula is C9H16N4. The van der Waals surface area contributed by atoms with Crippen LogP contribution >= 0.6 is 0 Å². The summed E-state index contributed by atoms with van der Waals surface area (Å²) < 4.78 is 1.81. The molecule has 4 nitrogen and oxygen atoms in total. The van der Waals surface area contributed by atoms with Gasteiger partial charge in [-0.25, -0.2) is 5.43 Å². The third kappa shape index (κ3) is 2.40. The number of aromatic nitrogens is 2. The van der Waals surface area contributed by atoms with Crippen LogP contribution < -0.4 is 11.3 Å². The van der Waals surface area contributed by atoms with Crippen LogP contribution in [-0.2, 0) is 7.05 Å². The molecule has 1 aromatic rings. The number of nitrogens with two attached hydrogens (primary N) is 1. The van der Waals surface area contributed by atoms with E-state index in [9.17, 15) is 0 Å². The van der Waals surface area contributed by atoms with Crippen molar-refractivity contribution in [2.24, 2.45) is 12.9 Å². The molecule has 0 radical (unpaired) electrons. The Hall–Kier alpha value is -1.13. The van der Waals surface area contributed by atoms with E-state index in [1.807, 2.05) is 31.6 Å². The summed E-state index contributed by atoms with van der Waals surface area (Å²) in [5, 5.41) is 4.08. The van der Waals surface area contributed by atoms with Gasteiger partial charge in [-0.2, -0.15) is 5.10 Å². The first-order valence-corrected chi connectivity index (χ1v) is 4.24. The first-order chi connectivity index (χ1) is 6.15. The van der Waals surface area contributed by atoms with Crippen molar-refractivity contribution in [2.45, 2.75) is 19.9 Å². The number of nitrogens with one attached hydrogen (secondary N) is 1. The molecule has 0 aliphatic heterocycles. The minimum Gasteiger partial charge on any atom is -0.271 e. The van der Waals surface area contributed by atoms with Crippen LogP contribution in [0.25, 0.3) is 0 Å². The van der Waals surface area contributed by atoms with Gasteiger partial charge in [0.15, 0.2) is 0 Å². The summed E-state index contributed by atoms with van der Waals surface area (Å²) >= 11 is 0. The monoisotopic (exact) mass is 180 g/mol. The fourth-order valence-electron chi connectivity index (χ4n) is 1.24. The number of rotatable bonds is 3. The largest absolute Gasteiger partial charge is 0.271 e. The second-order valence-electron chi connectivity index (χ2n) is 3.27. The van der Waals surface area contributed by atoms with Gasteiger partial charge in [0, 0.05) is 13.2 Å². The number of aryl methyl sites for hydroxylation is 1. The lowest BCUT2D eigenvalue weighted by Crippen LogP contribution is -2.28. The number of hydrogen-bond acceptors (Lipinski definition) is 3.